The number of morpholine rings is 1. The van der Waals surface area contributed by atoms with Gasteiger partial charge >= 0.3 is 0 Å². The summed E-state index contributed by atoms with van der Waals surface area (Å²) >= 11 is 0. The number of nitrogens with one attached hydrogen (secondary N) is 2. The molecule has 0 bridgehead atoms. The second kappa shape index (κ2) is 7.62. The largest absolute Gasteiger partial charge is 0.378 e. The van der Waals surface area contributed by atoms with E-state index in [1.54, 1.807) is 0 Å². The lowest BCUT2D eigenvalue weighted by Crippen LogP contribution is -2.47. The molecule has 1 aromatic rings. The van der Waals surface area contributed by atoms with Crippen LogP contribution in [0.3, 0.4) is 0 Å². The Bertz CT molecular complexity index is 417. The third-order valence-electron chi connectivity index (χ3n) is 3.38. The van der Waals surface area contributed by atoms with Gasteiger partial charge in [0.25, 0.3) is 0 Å². The van der Waals surface area contributed by atoms with Gasteiger partial charge in [0.15, 0.2) is 0 Å². The third-order valence-corrected chi connectivity index (χ3v) is 3.38. The number of rotatable bonds is 4. The summed E-state index contributed by atoms with van der Waals surface area (Å²) in [6.07, 6.45) is 0.455. The van der Waals surface area contributed by atoms with Crippen molar-refractivity contribution in [2.45, 2.75) is 31.8 Å². The van der Waals surface area contributed by atoms with E-state index in [1.807, 2.05) is 44.2 Å². The van der Waals surface area contributed by atoms with Crippen molar-refractivity contribution in [3.05, 3.63) is 35.9 Å². The summed E-state index contributed by atoms with van der Waals surface area (Å²) in [6, 6.07) is 10.1. The SMILES string of the molecule is CC(C)(NC(=O)CC1COCCN1)c1ccccc1.Cl. The van der Waals surface area contributed by atoms with E-state index < -0.39 is 0 Å². The summed E-state index contributed by atoms with van der Waals surface area (Å²) in [4.78, 5) is 12.1. The normalized spacial score (nSPS) is 19.0. The van der Waals surface area contributed by atoms with E-state index in [4.69, 9.17) is 4.74 Å². The van der Waals surface area contributed by atoms with Gasteiger partial charge in [-0.25, -0.2) is 0 Å². The summed E-state index contributed by atoms with van der Waals surface area (Å²) in [5.74, 6) is 0.0526. The molecule has 0 aromatic heterocycles. The first-order chi connectivity index (χ1) is 9.08. The van der Waals surface area contributed by atoms with E-state index in [9.17, 15) is 4.79 Å². The summed E-state index contributed by atoms with van der Waals surface area (Å²) in [6.45, 7) is 6.20. The molecule has 0 saturated carbocycles. The number of carbonyl (C=O) groups excluding carboxylic acids is 1. The molecule has 1 aliphatic heterocycles. The lowest BCUT2D eigenvalue weighted by atomic mass is 9.94. The van der Waals surface area contributed by atoms with Crippen molar-refractivity contribution in [2.75, 3.05) is 19.8 Å². The standard InChI is InChI=1S/C15H22N2O2.ClH/c1-15(2,12-6-4-3-5-7-12)17-14(18)10-13-11-19-9-8-16-13;/h3-7,13,16H,8-11H2,1-2H3,(H,17,18);1H. The Balaban J connectivity index is 0.00000200. The third kappa shape index (κ3) is 4.78. The molecule has 0 radical (unpaired) electrons. The van der Waals surface area contributed by atoms with Gasteiger partial charge in [0.1, 0.15) is 0 Å². The minimum atomic E-state index is -0.353. The van der Waals surface area contributed by atoms with Gasteiger partial charge in [0, 0.05) is 19.0 Å². The van der Waals surface area contributed by atoms with Gasteiger partial charge in [0.2, 0.25) is 5.91 Å². The zero-order chi connectivity index (χ0) is 13.7. The Morgan fingerprint density at radius 3 is 2.70 bits per heavy atom. The molecule has 0 spiro atoms. The molecule has 1 amide bonds. The number of amides is 1. The van der Waals surface area contributed by atoms with E-state index in [0.29, 0.717) is 13.0 Å². The Morgan fingerprint density at radius 1 is 1.40 bits per heavy atom. The second-order valence-electron chi connectivity index (χ2n) is 5.47. The molecule has 1 saturated heterocycles. The molecule has 20 heavy (non-hydrogen) atoms. The van der Waals surface area contributed by atoms with Crippen LogP contribution >= 0.6 is 12.4 Å². The van der Waals surface area contributed by atoms with Gasteiger partial charge < -0.3 is 15.4 Å². The Labute approximate surface area is 126 Å². The van der Waals surface area contributed by atoms with Crippen LogP contribution in [0.2, 0.25) is 0 Å². The molecule has 1 unspecified atom stereocenters. The zero-order valence-corrected chi connectivity index (χ0v) is 12.8. The lowest BCUT2D eigenvalue weighted by Gasteiger charge is -2.29. The molecule has 1 atom stereocenters. The Kier molecular flexibility index (Phi) is 6.46. The molecule has 2 rings (SSSR count). The Hall–Kier alpha value is -1.10. The molecule has 1 aliphatic rings. The summed E-state index contributed by atoms with van der Waals surface area (Å²) in [5.41, 5.74) is 0.754. The highest BCUT2D eigenvalue weighted by molar-refractivity contribution is 5.85. The van der Waals surface area contributed by atoms with Gasteiger partial charge in [-0.2, -0.15) is 0 Å². The summed E-state index contributed by atoms with van der Waals surface area (Å²) < 4.78 is 5.36. The first kappa shape index (κ1) is 17.0. The number of ether oxygens (including phenoxy) is 1. The van der Waals surface area contributed by atoms with E-state index in [1.165, 1.54) is 0 Å². The molecule has 1 fully saturated rings. The van der Waals surface area contributed by atoms with Crippen molar-refractivity contribution in [3.8, 4) is 0 Å². The highest BCUT2D eigenvalue weighted by Gasteiger charge is 2.24. The van der Waals surface area contributed by atoms with Crippen molar-refractivity contribution < 1.29 is 9.53 Å². The molecule has 0 aliphatic carbocycles. The maximum Gasteiger partial charge on any atom is 0.222 e. The van der Waals surface area contributed by atoms with Crippen LogP contribution in [0.15, 0.2) is 30.3 Å². The van der Waals surface area contributed by atoms with Crippen LogP contribution < -0.4 is 10.6 Å². The van der Waals surface area contributed by atoms with E-state index >= 15 is 0 Å². The molecule has 2 N–H and O–H groups in total. The van der Waals surface area contributed by atoms with Crippen LogP contribution in [-0.4, -0.2) is 31.7 Å². The van der Waals surface area contributed by atoms with Gasteiger partial charge in [-0.15, -0.1) is 12.4 Å². The van der Waals surface area contributed by atoms with E-state index in [-0.39, 0.29) is 29.9 Å². The summed E-state index contributed by atoms with van der Waals surface area (Å²) in [5, 5.41) is 6.38. The smallest absolute Gasteiger partial charge is 0.222 e. The molecule has 5 heteroatoms. The van der Waals surface area contributed by atoms with E-state index in [2.05, 4.69) is 10.6 Å². The van der Waals surface area contributed by atoms with Gasteiger partial charge in [0.05, 0.1) is 18.8 Å². The number of carbonyl (C=O) groups is 1. The number of benzene rings is 1. The first-order valence-corrected chi connectivity index (χ1v) is 6.75. The van der Waals surface area contributed by atoms with Crippen molar-refractivity contribution in [2.24, 2.45) is 0 Å². The monoisotopic (exact) mass is 298 g/mol. The second-order valence-corrected chi connectivity index (χ2v) is 5.47. The molecule has 1 aromatic carbocycles. The predicted octanol–water partition coefficient (Wildman–Crippen LogP) is 1.84. The Morgan fingerprint density at radius 2 is 2.10 bits per heavy atom. The van der Waals surface area contributed by atoms with Gasteiger partial charge in [-0.3, -0.25) is 4.79 Å². The number of hydrogen-bond acceptors (Lipinski definition) is 3. The number of halogens is 1. The fraction of sp³-hybridized carbons (Fsp3) is 0.533. The van der Waals surface area contributed by atoms with E-state index in [0.717, 1.165) is 18.7 Å². The fourth-order valence-corrected chi connectivity index (χ4v) is 2.30. The van der Waals surface area contributed by atoms with Crippen molar-refractivity contribution in [1.29, 1.82) is 0 Å². The molecule has 4 nitrogen and oxygen atoms in total. The lowest BCUT2D eigenvalue weighted by molar-refractivity contribution is -0.124. The van der Waals surface area contributed by atoms with Crippen LogP contribution in [0, 0.1) is 0 Å². The van der Waals surface area contributed by atoms with Crippen LogP contribution in [0.1, 0.15) is 25.8 Å². The highest BCUT2D eigenvalue weighted by atomic mass is 35.5. The quantitative estimate of drug-likeness (QED) is 0.892. The van der Waals surface area contributed by atoms with Crippen LogP contribution in [-0.2, 0) is 15.1 Å². The van der Waals surface area contributed by atoms with Gasteiger partial charge in [-0.1, -0.05) is 30.3 Å². The van der Waals surface area contributed by atoms with Crippen LogP contribution in [0.5, 0.6) is 0 Å². The number of hydrogen-bond donors (Lipinski definition) is 2. The maximum atomic E-state index is 12.1. The van der Waals surface area contributed by atoms with Gasteiger partial charge in [-0.05, 0) is 19.4 Å². The van der Waals surface area contributed by atoms with Crippen molar-refractivity contribution in [3.63, 3.8) is 0 Å². The summed E-state index contributed by atoms with van der Waals surface area (Å²) in [7, 11) is 0. The molecular weight excluding hydrogens is 276 g/mol. The molecule has 112 valence electrons. The van der Waals surface area contributed by atoms with Crippen molar-refractivity contribution in [1.82, 2.24) is 10.6 Å². The minimum absolute atomic E-state index is 0. The predicted molar refractivity (Wildman–Crippen MR) is 82.1 cm³/mol. The first-order valence-electron chi connectivity index (χ1n) is 6.75. The van der Waals surface area contributed by atoms with Crippen molar-refractivity contribution >= 4 is 18.3 Å². The highest BCUT2D eigenvalue weighted by Crippen LogP contribution is 2.19. The fourth-order valence-electron chi connectivity index (χ4n) is 2.30. The average Bonchev–Trinajstić information content (AvgIpc) is 2.40. The average molecular weight is 299 g/mol. The topological polar surface area (TPSA) is 50.4 Å². The minimum Gasteiger partial charge on any atom is -0.378 e. The zero-order valence-electron chi connectivity index (χ0n) is 12.0. The van der Waals surface area contributed by atoms with Crippen LogP contribution in [0.4, 0.5) is 0 Å². The molecule has 1 heterocycles. The molecular formula is C15H23ClN2O2. The van der Waals surface area contributed by atoms with Crippen LogP contribution in [0.25, 0.3) is 0 Å². The maximum absolute atomic E-state index is 12.1.